The number of hydrogen-bond acceptors (Lipinski definition) is 5. The van der Waals surface area contributed by atoms with Crippen molar-refractivity contribution in [1.82, 2.24) is 9.55 Å². The zero-order valence-corrected chi connectivity index (χ0v) is 26.2. The largest absolute Gasteiger partial charge is 0.458 e. The van der Waals surface area contributed by atoms with Crippen LogP contribution < -0.4 is 0 Å². The molecule has 6 atom stereocenters. The molecule has 0 spiro atoms. The van der Waals surface area contributed by atoms with E-state index in [-0.39, 0.29) is 36.9 Å². The van der Waals surface area contributed by atoms with Crippen LogP contribution >= 0.6 is 0 Å². The zero-order chi connectivity index (χ0) is 33.2. The Morgan fingerprint density at radius 3 is 2.50 bits per heavy atom. The number of aryl methyl sites for hydroxylation is 2. The predicted octanol–water partition coefficient (Wildman–Crippen LogP) is 7.71. The van der Waals surface area contributed by atoms with Gasteiger partial charge in [0.2, 0.25) is 0 Å². The molecule has 0 aliphatic heterocycles. The highest BCUT2D eigenvalue weighted by Crippen LogP contribution is 2.70. The molecule has 0 saturated heterocycles. The SMILES string of the molecule is Cc1nccn1CCC(=O)O[C@H](C)c1ccc([C@H]2C[C@@]3(C)C(CC[C@@]3(O)C(F)(F)C(F)(F)F)C3CCC4=CC(=O)CCC4=C32)cc1. The quantitative estimate of drug-likeness (QED) is 0.246. The van der Waals surface area contributed by atoms with Crippen molar-refractivity contribution in [1.29, 1.82) is 0 Å². The van der Waals surface area contributed by atoms with Crippen molar-refractivity contribution in [2.75, 3.05) is 0 Å². The van der Waals surface area contributed by atoms with Crippen LogP contribution in [0.4, 0.5) is 22.0 Å². The van der Waals surface area contributed by atoms with Crippen molar-refractivity contribution in [3.63, 3.8) is 0 Å². The fourth-order valence-electron chi connectivity index (χ4n) is 8.89. The maximum atomic E-state index is 15.2. The third-order valence-electron chi connectivity index (χ3n) is 11.4. The number of halogens is 5. The number of aromatic nitrogens is 2. The van der Waals surface area contributed by atoms with Gasteiger partial charge in [0.05, 0.1) is 6.42 Å². The molecule has 1 aromatic carbocycles. The summed E-state index contributed by atoms with van der Waals surface area (Å²) in [6.07, 6.45) is 0.00173. The first kappa shape index (κ1) is 32.6. The number of rotatable bonds is 7. The standard InChI is InChI=1S/C35H39F5N2O4/c1-20(46-30(44)13-16-42-17-15-41-21(42)2)22-4-6-23(7-5-22)28-19-32(3)29(12-14-33(32,45)34(36,37)35(38,39)40)27-10-8-24-18-25(43)9-11-26(24)31(27)28/h4-7,15,17-18,20,27-29,45H,8-14,16,19H2,1-3H3/t20-,27?,28-,29?,32+,33+/m1/s1. The maximum absolute atomic E-state index is 15.2. The number of allylic oxidation sites excluding steroid dienone is 4. The molecule has 0 radical (unpaired) electrons. The van der Waals surface area contributed by atoms with Gasteiger partial charge in [-0.2, -0.15) is 22.0 Å². The van der Waals surface area contributed by atoms with Gasteiger partial charge in [0.1, 0.15) is 17.5 Å². The summed E-state index contributed by atoms with van der Waals surface area (Å²) < 4.78 is 79.4. The minimum Gasteiger partial charge on any atom is -0.458 e. The number of esters is 1. The van der Waals surface area contributed by atoms with Crippen molar-refractivity contribution in [2.45, 2.75) is 108 Å². The summed E-state index contributed by atoms with van der Waals surface area (Å²) in [6, 6.07) is 7.21. The molecule has 2 saturated carbocycles. The average molecular weight is 647 g/mol. The van der Waals surface area contributed by atoms with Gasteiger partial charge in [0.15, 0.2) is 5.78 Å². The monoisotopic (exact) mass is 646 g/mol. The first-order chi connectivity index (χ1) is 21.6. The van der Waals surface area contributed by atoms with Crippen LogP contribution in [0.15, 0.2) is 59.5 Å². The lowest BCUT2D eigenvalue weighted by molar-refractivity contribution is -0.362. The van der Waals surface area contributed by atoms with E-state index in [1.54, 1.807) is 37.5 Å². The van der Waals surface area contributed by atoms with Crippen LogP contribution in [0, 0.1) is 24.2 Å². The summed E-state index contributed by atoms with van der Waals surface area (Å²) in [5, 5.41) is 11.5. The lowest BCUT2D eigenvalue weighted by Crippen LogP contribution is -2.65. The van der Waals surface area contributed by atoms with Gasteiger partial charge in [-0.15, -0.1) is 0 Å². The average Bonchev–Trinajstić information content (AvgIpc) is 3.54. The summed E-state index contributed by atoms with van der Waals surface area (Å²) in [6.45, 7) is 5.43. The Bertz CT molecular complexity index is 1590. The van der Waals surface area contributed by atoms with E-state index in [0.717, 1.165) is 28.1 Å². The molecule has 248 valence electrons. The fourth-order valence-corrected chi connectivity index (χ4v) is 8.89. The Hall–Kier alpha value is -3.34. The van der Waals surface area contributed by atoms with Crippen LogP contribution in [0.5, 0.6) is 0 Å². The highest BCUT2D eigenvalue weighted by molar-refractivity contribution is 5.93. The van der Waals surface area contributed by atoms with Gasteiger partial charge in [-0.05, 0) is 92.6 Å². The Morgan fingerprint density at radius 2 is 1.85 bits per heavy atom. The second-order valence-electron chi connectivity index (χ2n) is 13.7. The minimum atomic E-state index is -5.90. The molecule has 1 N–H and O–H groups in total. The lowest BCUT2D eigenvalue weighted by Gasteiger charge is -2.56. The molecule has 1 heterocycles. The van der Waals surface area contributed by atoms with E-state index in [0.29, 0.717) is 37.8 Å². The maximum Gasteiger partial charge on any atom is 0.456 e. The number of ether oxygens (including phenoxy) is 1. The Morgan fingerprint density at radius 1 is 1.13 bits per heavy atom. The fraction of sp³-hybridized carbons (Fsp3) is 0.571. The number of nitrogens with zero attached hydrogens (tertiary/aromatic N) is 2. The Labute approximate surface area is 264 Å². The van der Waals surface area contributed by atoms with E-state index < -0.39 is 47.5 Å². The molecule has 4 aliphatic rings. The molecular formula is C35H39F5N2O4. The van der Waals surface area contributed by atoms with Crippen LogP contribution in [0.1, 0.15) is 94.2 Å². The summed E-state index contributed by atoms with van der Waals surface area (Å²) in [5.41, 5.74) is -0.589. The third kappa shape index (κ3) is 5.13. The van der Waals surface area contributed by atoms with Gasteiger partial charge in [-0.1, -0.05) is 36.8 Å². The highest BCUT2D eigenvalue weighted by atomic mass is 19.4. The van der Waals surface area contributed by atoms with Gasteiger partial charge in [-0.25, -0.2) is 4.98 Å². The number of fused-ring (bicyclic) bond motifs is 4. The van der Waals surface area contributed by atoms with E-state index >= 15 is 8.78 Å². The zero-order valence-electron chi connectivity index (χ0n) is 26.2. The summed E-state index contributed by atoms with van der Waals surface area (Å²) in [4.78, 5) is 29.0. The molecule has 0 bridgehead atoms. The van der Waals surface area contributed by atoms with E-state index in [1.807, 2.05) is 23.6 Å². The van der Waals surface area contributed by atoms with Crippen LogP contribution in [0.2, 0.25) is 0 Å². The topological polar surface area (TPSA) is 81.4 Å². The van der Waals surface area contributed by atoms with Crippen molar-refractivity contribution in [3.05, 3.63) is 76.4 Å². The first-order valence-corrected chi connectivity index (χ1v) is 16.0. The van der Waals surface area contributed by atoms with Gasteiger partial charge in [-0.3, -0.25) is 9.59 Å². The second-order valence-corrected chi connectivity index (χ2v) is 13.7. The number of alkyl halides is 5. The van der Waals surface area contributed by atoms with Crippen molar-refractivity contribution in [2.24, 2.45) is 17.3 Å². The molecule has 6 rings (SSSR count). The van der Waals surface area contributed by atoms with Gasteiger partial charge in [0.25, 0.3) is 0 Å². The van der Waals surface area contributed by atoms with Crippen molar-refractivity contribution >= 4 is 11.8 Å². The van der Waals surface area contributed by atoms with Crippen LogP contribution in [0.25, 0.3) is 0 Å². The van der Waals surface area contributed by atoms with Crippen LogP contribution in [-0.2, 0) is 20.9 Å². The molecule has 11 heteroatoms. The number of ketones is 1. The molecular weight excluding hydrogens is 607 g/mol. The smallest absolute Gasteiger partial charge is 0.456 e. The molecule has 4 aliphatic carbocycles. The van der Waals surface area contributed by atoms with Gasteiger partial charge in [0, 0.05) is 36.7 Å². The van der Waals surface area contributed by atoms with Crippen LogP contribution in [-0.4, -0.2) is 44.1 Å². The molecule has 6 nitrogen and oxygen atoms in total. The highest BCUT2D eigenvalue weighted by Gasteiger charge is 2.79. The molecule has 2 unspecified atom stereocenters. The summed E-state index contributed by atoms with van der Waals surface area (Å²) in [5.74, 6) is -6.23. The Kier molecular flexibility index (Phi) is 8.09. The summed E-state index contributed by atoms with van der Waals surface area (Å²) in [7, 11) is 0. The van der Waals surface area contributed by atoms with Gasteiger partial charge >= 0.3 is 18.1 Å². The number of aliphatic hydroxyl groups is 1. The van der Waals surface area contributed by atoms with Crippen LogP contribution in [0.3, 0.4) is 0 Å². The molecule has 0 amide bonds. The lowest BCUT2D eigenvalue weighted by atomic mass is 9.50. The number of carbonyl (C=O) groups excluding carboxylic acids is 2. The molecule has 2 fully saturated rings. The van der Waals surface area contributed by atoms with E-state index in [9.17, 15) is 27.9 Å². The Balaban J connectivity index is 1.32. The first-order valence-electron chi connectivity index (χ1n) is 16.0. The van der Waals surface area contributed by atoms with E-state index in [2.05, 4.69) is 4.98 Å². The molecule has 1 aromatic heterocycles. The van der Waals surface area contributed by atoms with Crippen molar-refractivity contribution < 1.29 is 41.4 Å². The van der Waals surface area contributed by atoms with E-state index in [1.165, 1.54) is 6.92 Å². The number of imidazole rings is 1. The summed E-state index contributed by atoms with van der Waals surface area (Å²) >= 11 is 0. The van der Waals surface area contributed by atoms with E-state index in [4.69, 9.17) is 4.74 Å². The minimum absolute atomic E-state index is 0.0307. The predicted molar refractivity (Wildman–Crippen MR) is 159 cm³/mol. The second kappa shape index (κ2) is 11.4. The normalized spacial score (nSPS) is 30.3. The van der Waals surface area contributed by atoms with Gasteiger partial charge < -0.3 is 14.4 Å². The molecule has 2 aromatic rings. The third-order valence-corrected chi connectivity index (χ3v) is 11.4. The number of hydrogen-bond donors (Lipinski definition) is 1. The number of benzene rings is 1. The number of carbonyl (C=O) groups is 2. The molecule has 46 heavy (non-hydrogen) atoms. The van der Waals surface area contributed by atoms with Crippen molar-refractivity contribution in [3.8, 4) is 0 Å².